The largest absolute Gasteiger partial charge is 0.481 e. The van der Waals surface area contributed by atoms with Gasteiger partial charge in [0.05, 0.1) is 30.7 Å². The Kier molecular flexibility index (Phi) is 5.94. The highest BCUT2D eigenvalue weighted by molar-refractivity contribution is 5.97. The summed E-state index contributed by atoms with van der Waals surface area (Å²) in [5.74, 6) is -3.86. The van der Waals surface area contributed by atoms with Gasteiger partial charge in [-0.15, -0.1) is 0 Å². The predicted molar refractivity (Wildman–Crippen MR) is 115 cm³/mol. The van der Waals surface area contributed by atoms with Gasteiger partial charge >= 0.3 is 0 Å². The first-order valence-electron chi connectivity index (χ1n) is 10.8. The van der Waals surface area contributed by atoms with Gasteiger partial charge in [0.2, 0.25) is 5.88 Å². The van der Waals surface area contributed by atoms with Crippen molar-refractivity contribution in [3.8, 4) is 17.1 Å². The normalized spacial score (nSPS) is 17.9. The molecule has 1 aromatic carbocycles. The highest BCUT2D eigenvalue weighted by Crippen LogP contribution is 2.42. The van der Waals surface area contributed by atoms with Crippen molar-refractivity contribution in [2.45, 2.75) is 45.2 Å². The number of rotatable bonds is 5. The Morgan fingerprint density at radius 2 is 1.79 bits per heavy atom. The summed E-state index contributed by atoms with van der Waals surface area (Å²) in [5.41, 5.74) is 2.57. The average molecular weight is 461 g/mol. The third kappa shape index (κ3) is 3.57. The molecular formula is C23H26F3N5O2. The van der Waals surface area contributed by atoms with Crippen LogP contribution in [0.5, 0.6) is 5.88 Å². The molecule has 0 radical (unpaired) electrons. The fraction of sp³-hybridized carbons (Fsp3) is 0.435. The summed E-state index contributed by atoms with van der Waals surface area (Å²) in [7, 11) is 4.87. The van der Waals surface area contributed by atoms with Crippen molar-refractivity contribution in [3.63, 3.8) is 0 Å². The van der Waals surface area contributed by atoms with Gasteiger partial charge < -0.3 is 9.64 Å². The van der Waals surface area contributed by atoms with Gasteiger partial charge in [-0.3, -0.25) is 9.48 Å². The lowest BCUT2D eigenvalue weighted by atomic mass is 9.87. The second-order valence-corrected chi connectivity index (χ2v) is 8.18. The van der Waals surface area contributed by atoms with Gasteiger partial charge in [0.1, 0.15) is 5.56 Å². The summed E-state index contributed by atoms with van der Waals surface area (Å²) in [5, 5.41) is 8.79. The van der Waals surface area contributed by atoms with Gasteiger partial charge in [-0.2, -0.15) is 10.2 Å². The first-order chi connectivity index (χ1) is 15.7. The minimum absolute atomic E-state index is 0.182. The number of halogens is 3. The maximum absolute atomic E-state index is 14.0. The zero-order valence-corrected chi connectivity index (χ0v) is 19.2. The Hall–Kier alpha value is -3.30. The van der Waals surface area contributed by atoms with Crippen molar-refractivity contribution in [1.82, 2.24) is 24.5 Å². The predicted octanol–water partition coefficient (Wildman–Crippen LogP) is 4.17. The highest BCUT2D eigenvalue weighted by Gasteiger charge is 2.41. The number of hydrogen-bond donors (Lipinski definition) is 0. The van der Waals surface area contributed by atoms with Crippen LogP contribution in [0.25, 0.3) is 11.3 Å². The third-order valence-corrected chi connectivity index (χ3v) is 6.32. The molecule has 0 spiro atoms. The van der Waals surface area contributed by atoms with Crippen molar-refractivity contribution in [1.29, 1.82) is 0 Å². The molecule has 2 atom stereocenters. The summed E-state index contributed by atoms with van der Waals surface area (Å²) in [6.07, 6.45) is 3.18. The number of hydrogen-bond acceptors (Lipinski definition) is 4. The number of fused-ring (bicyclic) bond motifs is 1. The fourth-order valence-corrected chi connectivity index (χ4v) is 4.82. The third-order valence-electron chi connectivity index (χ3n) is 6.32. The SMILES string of the molecule is CCC1Cc2c(nn(C)c2-c2cc(F)c(F)c(F)c2)C(CC)N1C(=O)c1cnn(C)c1OC. The van der Waals surface area contributed by atoms with Gasteiger partial charge in [-0.25, -0.2) is 17.9 Å². The number of nitrogens with zero attached hydrogens (tertiary/aromatic N) is 5. The van der Waals surface area contributed by atoms with E-state index in [1.54, 1.807) is 18.8 Å². The highest BCUT2D eigenvalue weighted by atomic mass is 19.2. The summed E-state index contributed by atoms with van der Waals surface area (Å²) in [6.45, 7) is 3.94. The van der Waals surface area contributed by atoms with Crippen molar-refractivity contribution >= 4 is 5.91 Å². The second kappa shape index (κ2) is 8.57. The van der Waals surface area contributed by atoms with Crippen LogP contribution >= 0.6 is 0 Å². The number of carbonyl (C=O) groups excluding carboxylic acids is 1. The Balaban J connectivity index is 1.84. The van der Waals surface area contributed by atoms with E-state index in [0.29, 0.717) is 42.1 Å². The lowest BCUT2D eigenvalue weighted by Crippen LogP contribution is -2.47. The quantitative estimate of drug-likeness (QED) is 0.535. The molecule has 3 heterocycles. The van der Waals surface area contributed by atoms with Crippen molar-refractivity contribution in [2.75, 3.05) is 7.11 Å². The number of aromatic nitrogens is 4. The molecule has 3 aromatic rings. The summed E-state index contributed by atoms with van der Waals surface area (Å²) in [6, 6.07) is 1.43. The smallest absolute Gasteiger partial charge is 0.261 e. The van der Waals surface area contributed by atoms with Crippen molar-refractivity contribution < 1.29 is 22.7 Å². The zero-order chi connectivity index (χ0) is 24.0. The molecule has 1 aliphatic rings. The molecule has 33 heavy (non-hydrogen) atoms. The van der Waals surface area contributed by atoms with Crippen LogP contribution in [0.4, 0.5) is 13.2 Å². The second-order valence-electron chi connectivity index (χ2n) is 8.18. The molecule has 1 aliphatic heterocycles. The van der Waals surface area contributed by atoms with E-state index in [0.717, 1.165) is 17.7 Å². The molecule has 0 N–H and O–H groups in total. The molecule has 0 saturated carbocycles. The molecule has 4 rings (SSSR count). The standard InChI is InChI=1S/C23H26F3N5O2/c1-6-13-10-14-20(28-29(3)21(14)12-8-16(24)19(26)17(25)9-12)18(7-2)31(13)22(32)15-11-27-30(4)23(15)33-5/h8-9,11,13,18H,6-7,10H2,1-5H3. The zero-order valence-electron chi connectivity index (χ0n) is 19.2. The number of aryl methyl sites for hydroxylation is 2. The van der Waals surface area contributed by atoms with E-state index < -0.39 is 17.5 Å². The van der Waals surface area contributed by atoms with Gasteiger partial charge in [-0.05, 0) is 31.4 Å². The maximum Gasteiger partial charge on any atom is 0.261 e. The molecule has 2 aromatic heterocycles. The van der Waals surface area contributed by atoms with E-state index in [-0.39, 0.29) is 23.6 Å². The number of ether oxygens (including phenoxy) is 1. The van der Waals surface area contributed by atoms with Crippen molar-refractivity contribution in [3.05, 3.63) is 52.6 Å². The Bertz CT molecular complexity index is 1200. The van der Waals surface area contributed by atoms with Crippen LogP contribution in [-0.2, 0) is 20.5 Å². The van der Waals surface area contributed by atoms with Crippen LogP contribution < -0.4 is 4.74 Å². The molecular weight excluding hydrogens is 435 g/mol. The lowest BCUT2D eigenvalue weighted by molar-refractivity contribution is 0.0509. The average Bonchev–Trinajstić information content (AvgIpc) is 3.33. The van der Waals surface area contributed by atoms with Crippen LogP contribution in [0.15, 0.2) is 18.3 Å². The number of benzene rings is 1. The first kappa shape index (κ1) is 22.9. The lowest BCUT2D eigenvalue weighted by Gasteiger charge is -2.41. The molecule has 7 nitrogen and oxygen atoms in total. The topological polar surface area (TPSA) is 65.2 Å². The van der Waals surface area contributed by atoms with Crippen LogP contribution in [-0.4, -0.2) is 43.5 Å². The summed E-state index contributed by atoms with van der Waals surface area (Å²) < 4.78 is 50.0. The van der Waals surface area contributed by atoms with Crippen LogP contribution in [0, 0.1) is 17.5 Å². The molecule has 0 fully saturated rings. The monoisotopic (exact) mass is 461 g/mol. The first-order valence-corrected chi connectivity index (χ1v) is 10.8. The maximum atomic E-state index is 14.0. The molecule has 0 saturated heterocycles. The molecule has 2 unspecified atom stereocenters. The van der Waals surface area contributed by atoms with E-state index in [1.807, 2.05) is 18.7 Å². The Morgan fingerprint density at radius 3 is 2.36 bits per heavy atom. The van der Waals surface area contributed by atoms with Gasteiger partial charge in [0.15, 0.2) is 17.5 Å². The van der Waals surface area contributed by atoms with Gasteiger partial charge in [0, 0.05) is 31.3 Å². The minimum atomic E-state index is -1.50. The van der Waals surface area contributed by atoms with Gasteiger partial charge in [0.25, 0.3) is 5.91 Å². The Labute approximate surface area is 189 Å². The van der Waals surface area contributed by atoms with Crippen LogP contribution in [0.1, 0.15) is 54.3 Å². The fourth-order valence-electron chi connectivity index (χ4n) is 4.82. The van der Waals surface area contributed by atoms with E-state index >= 15 is 0 Å². The molecule has 1 amide bonds. The van der Waals surface area contributed by atoms with Gasteiger partial charge in [-0.1, -0.05) is 13.8 Å². The molecule has 176 valence electrons. The van der Waals surface area contributed by atoms with E-state index in [4.69, 9.17) is 4.74 Å². The number of methoxy groups -OCH3 is 1. The molecule has 10 heteroatoms. The minimum Gasteiger partial charge on any atom is -0.481 e. The number of amides is 1. The van der Waals surface area contributed by atoms with E-state index in [9.17, 15) is 18.0 Å². The van der Waals surface area contributed by atoms with E-state index in [1.165, 1.54) is 18.0 Å². The van der Waals surface area contributed by atoms with Crippen LogP contribution in [0.2, 0.25) is 0 Å². The van der Waals surface area contributed by atoms with Crippen molar-refractivity contribution in [2.24, 2.45) is 14.1 Å². The summed E-state index contributed by atoms with van der Waals surface area (Å²) >= 11 is 0. The summed E-state index contributed by atoms with van der Waals surface area (Å²) in [4.78, 5) is 15.5. The Morgan fingerprint density at radius 1 is 1.12 bits per heavy atom. The number of carbonyl (C=O) groups is 1. The van der Waals surface area contributed by atoms with E-state index in [2.05, 4.69) is 10.2 Å². The molecule has 0 bridgehead atoms. The van der Waals surface area contributed by atoms with Crippen LogP contribution in [0.3, 0.4) is 0 Å². The molecule has 0 aliphatic carbocycles.